The van der Waals surface area contributed by atoms with E-state index in [2.05, 4.69) is 10.6 Å². The summed E-state index contributed by atoms with van der Waals surface area (Å²) in [5, 5.41) is 6.21. The molecule has 1 aromatic carbocycles. The van der Waals surface area contributed by atoms with Crippen molar-refractivity contribution in [3.8, 4) is 0 Å². The van der Waals surface area contributed by atoms with Crippen molar-refractivity contribution < 1.29 is 9.59 Å². The van der Waals surface area contributed by atoms with E-state index in [9.17, 15) is 9.59 Å². The van der Waals surface area contributed by atoms with Crippen LogP contribution in [-0.4, -0.2) is 31.4 Å². The highest BCUT2D eigenvalue weighted by Crippen LogP contribution is 2.23. The standard InChI is InChI=1S/C16H21N3O2/c20-15-4-2-10-19(15)14-7-5-13(6-8-14)18-16(21)12-3-1-9-17-11-12/h5-8,12,17H,1-4,9-11H2,(H,18,21)/t12-/m1/s1. The molecule has 2 heterocycles. The first-order valence-corrected chi connectivity index (χ1v) is 7.66. The maximum Gasteiger partial charge on any atom is 0.228 e. The van der Waals surface area contributed by atoms with Gasteiger partial charge in [0, 0.05) is 30.9 Å². The Bertz CT molecular complexity index is 521. The molecule has 1 aromatic rings. The Hall–Kier alpha value is -1.88. The van der Waals surface area contributed by atoms with Gasteiger partial charge in [-0.05, 0) is 50.1 Å². The van der Waals surface area contributed by atoms with Crippen LogP contribution in [0, 0.1) is 5.92 Å². The molecule has 0 spiro atoms. The van der Waals surface area contributed by atoms with Crippen LogP contribution in [0.15, 0.2) is 24.3 Å². The largest absolute Gasteiger partial charge is 0.326 e. The smallest absolute Gasteiger partial charge is 0.228 e. The van der Waals surface area contributed by atoms with Crippen LogP contribution >= 0.6 is 0 Å². The lowest BCUT2D eigenvalue weighted by Gasteiger charge is -2.22. The Morgan fingerprint density at radius 3 is 2.67 bits per heavy atom. The first-order valence-electron chi connectivity index (χ1n) is 7.66. The highest BCUT2D eigenvalue weighted by atomic mass is 16.2. The zero-order valence-corrected chi connectivity index (χ0v) is 12.1. The SMILES string of the molecule is O=C(Nc1ccc(N2CCCC2=O)cc1)[C@@H]1CCCNC1. The van der Waals surface area contributed by atoms with Gasteiger partial charge < -0.3 is 15.5 Å². The molecule has 0 aliphatic carbocycles. The number of anilines is 2. The van der Waals surface area contributed by atoms with Gasteiger partial charge in [-0.3, -0.25) is 9.59 Å². The summed E-state index contributed by atoms with van der Waals surface area (Å²) < 4.78 is 0. The number of piperidine rings is 1. The van der Waals surface area contributed by atoms with Crippen LogP contribution in [-0.2, 0) is 9.59 Å². The zero-order chi connectivity index (χ0) is 14.7. The Morgan fingerprint density at radius 2 is 2.05 bits per heavy atom. The number of hydrogen-bond donors (Lipinski definition) is 2. The van der Waals surface area contributed by atoms with Gasteiger partial charge >= 0.3 is 0 Å². The quantitative estimate of drug-likeness (QED) is 0.890. The average Bonchev–Trinajstić information content (AvgIpc) is 2.95. The number of rotatable bonds is 3. The first kappa shape index (κ1) is 14.1. The van der Waals surface area contributed by atoms with E-state index in [1.807, 2.05) is 24.3 Å². The number of amides is 2. The van der Waals surface area contributed by atoms with Crippen molar-refractivity contribution >= 4 is 23.2 Å². The topological polar surface area (TPSA) is 61.4 Å². The van der Waals surface area contributed by atoms with Gasteiger partial charge in [0.05, 0.1) is 5.92 Å². The van der Waals surface area contributed by atoms with Crippen LogP contribution in [0.1, 0.15) is 25.7 Å². The molecule has 1 atom stereocenters. The van der Waals surface area contributed by atoms with E-state index in [1.54, 1.807) is 4.90 Å². The molecular weight excluding hydrogens is 266 g/mol. The molecule has 112 valence electrons. The van der Waals surface area contributed by atoms with Gasteiger partial charge in [0.15, 0.2) is 0 Å². The van der Waals surface area contributed by atoms with Crippen molar-refractivity contribution in [2.45, 2.75) is 25.7 Å². The number of benzene rings is 1. The van der Waals surface area contributed by atoms with E-state index in [4.69, 9.17) is 0 Å². The van der Waals surface area contributed by atoms with E-state index < -0.39 is 0 Å². The maximum absolute atomic E-state index is 12.1. The lowest BCUT2D eigenvalue weighted by Crippen LogP contribution is -2.37. The van der Waals surface area contributed by atoms with Gasteiger partial charge in [-0.2, -0.15) is 0 Å². The van der Waals surface area contributed by atoms with Gasteiger partial charge in [0.25, 0.3) is 0 Å². The minimum absolute atomic E-state index is 0.0542. The molecule has 5 nitrogen and oxygen atoms in total. The Morgan fingerprint density at radius 1 is 1.24 bits per heavy atom. The molecule has 0 saturated carbocycles. The van der Waals surface area contributed by atoms with Crippen molar-refractivity contribution in [3.05, 3.63) is 24.3 Å². The zero-order valence-electron chi connectivity index (χ0n) is 12.1. The van der Waals surface area contributed by atoms with Gasteiger partial charge in [-0.25, -0.2) is 0 Å². The van der Waals surface area contributed by atoms with Crippen molar-refractivity contribution in [1.82, 2.24) is 5.32 Å². The summed E-state index contributed by atoms with van der Waals surface area (Å²) in [6.45, 7) is 2.55. The van der Waals surface area contributed by atoms with Crippen LogP contribution in [0.4, 0.5) is 11.4 Å². The first-order chi connectivity index (χ1) is 10.2. The highest BCUT2D eigenvalue weighted by molar-refractivity contribution is 5.96. The lowest BCUT2D eigenvalue weighted by molar-refractivity contribution is -0.120. The summed E-state index contributed by atoms with van der Waals surface area (Å²) in [5.41, 5.74) is 1.70. The normalized spacial score (nSPS) is 22.4. The lowest BCUT2D eigenvalue weighted by atomic mass is 9.99. The van der Waals surface area contributed by atoms with Crippen molar-refractivity contribution in [2.75, 3.05) is 29.9 Å². The molecule has 0 aromatic heterocycles. The van der Waals surface area contributed by atoms with Crippen LogP contribution in [0.25, 0.3) is 0 Å². The third-order valence-electron chi connectivity index (χ3n) is 4.19. The van der Waals surface area contributed by atoms with Crippen LogP contribution in [0.2, 0.25) is 0 Å². The van der Waals surface area contributed by atoms with Crippen molar-refractivity contribution in [1.29, 1.82) is 0 Å². The molecule has 2 N–H and O–H groups in total. The fraction of sp³-hybridized carbons (Fsp3) is 0.500. The maximum atomic E-state index is 12.1. The number of carbonyl (C=O) groups excluding carboxylic acids is 2. The summed E-state index contributed by atoms with van der Waals surface area (Å²) in [6, 6.07) is 7.54. The molecule has 5 heteroatoms. The summed E-state index contributed by atoms with van der Waals surface area (Å²) in [5.74, 6) is 0.311. The summed E-state index contributed by atoms with van der Waals surface area (Å²) in [7, 11) is 0. The van der Waals surface area contributed by atoms with E-state index in [0.29, 0.717) is 6.42 Å². The molecule has 2 fully saturated rings. The van der Waals surface area contributed by atoms with Gasteiger partial charge in [-0.1, -0.05) is 0 Å². The highest BCUT2D eigenvalue weighted by Gasteiger charge is 2.22. The van der Waals surface area contributed by atoms with Crippen molar-refractivity contribution in [3.63, 3.8) is 0 Å². The molecule has 21 heavy (non-hydrogen) atoms. The molecule has 0 radical (unpaired) electrons. The Kier molecular flexibility index (Phi) is 4.20. The van der Waals surface area contributed by atoms with Crippen LogP contribution < -0.4 is 15.5 Å². The summed E-state index contributed by atoms with van der Waals surface area (Å²) in [6.07, 6.45) is 3.55. The predicted molar refractivity (Wildman–Crippen MR) is 82.3 cm³/mol. The van der Waals surface area contributed by atoms with Crippen LogP contribution in [0.5, 0.6) is 0 Å². The Balaban J connectivity index is 1.61. The third kappa shape index (κ3) is 3.24. The minimum Gasteiger partial charge on any atom is -0.326 e. The summed E-state index contributed by atoms with van der Waals surface area (Å²) in [4.78, 5) is 25.6. The van der Waals surface area contributed by atoms with E-state index in [-0.39, 0.29) is 17.7 Å². The molecule has 0 bridgehead atoms. The van der Waals surface area contributed by atoms with Gasteiger partial charge in [0.1, 0.15) is 0 Å². The molecule has 0 unspecified atom stereocenters. The van der Waals surface area contributed by atoms with Gasteiger partial charge in [-0.15, -0.1) is 0 Å². The van der Waals surface area contributed by atoms with Gasteiger partial charge in [0.2, 0.25) is 11.8 Å². The molecule has 2 aliphatic heterocycles. The fourth-order valence-corrected chi connectivity index (χ4v) is 2.97. The monoisotopic (exact) mass is 287 g/mol. The Labute approximate surface area is 124 Å². The second-order valence-electron chi connectivity index (χ2n) is 5.73. The van der Waals surface area contributed by atoms with Crippen LogP contribution in [0.3, 0.4) is 0 Å². The molecular formula is C16H21N3O2. The number of nitrogens with one attached hydrogen (secondary N) is 2. The fourth-order valence-electron chi connectivity index (χ4n) is 2.97. The second kappa shape index (κ2) is 6.26. The molecule has 2 saturated heterocycles. The predicted octanol–water partition coefficient (Wildman–Crippen LogP) is 1.75. The number of carbonyl (C=O) groups is 2. The minimum atomic E-state index is 0.0542. The summed E-state index contributed by atoms with van der Waals surface area (Å²) >= 11 is 0. The molecule has 2 aliphatic rings. The second-order valence-corrected chi connectivity index (χ2v) is 5.73. The number of hydrogen-bond acceptors (Lipinski definition) is 3. The third-order valence-corrected chi connectivity index (χ3v) is 4.19. The number of nitrogens with zero attached hydrogens (tertiary/aromatic N) is 1. The van der Waals surface area contributed by atoms with E-state index in [1.165, 1.54) is 0 Å². The average molecular weight is 287 g/mol. The van der Waals surface area contributed by atoms with E-state index >= 15 is 0 Å². The molecule has 3 rings (SSSR count). The molecule has 2 amide bonds. The van der Waals surface area contributed by atoms with Crippen molar-refractivity contribution in [2.24, 2.45) is 5.92 Å². The van der Waals surface area contributed by atoms with E-state index in [0.717, 1.165) is 50.3 Å².